The van der Waals surface area contributed by atoms with Crippen LogP contribution in [0.25, 0.3) is 0 Å². The number of amides is 1. The minimum Gasteiger partial charge on any atom is -0.497 e. The largest absolute Gasteiger partial charge is 0.497 e. The average Bonchev–Trinajstić information content (AvgIpc) is 2.78. The van der Waals surface area contributed by atoms with Crippen LogP contribution in [0, 0.1) is 11.8 Å². The van der Waals surface area contributed by atoms with E-state index in [2.05, 4.69) is 11.8 Å². The van der Waals surface area contributed by atoms with E-state index in [1.54, 1.807) is 55.6 Å². The summed E-state index contributed by atoms with van der Waals surface area (Å²) in [4.78, 5) is 35.5. The first-order chi connectivity index (χ1) is 14.5. The van der Waals surface area contributed by atoms with Gasteiger partial charge in [0, 0.05) is 16.7 Å². The van der Waals surface area contributed by atoms with Crippen molar-refractivity contribution in [3.63, 3.8) is 0 Å². The Labute approximate surface area is 173 Å². The molecule has 0 bridgehead atoms. The fourth-order valence-electron chi connectivity index (χ4n) is 2.49. The molecule has 3 rings (SSSR count). The highest BCUT2D eigenvalue weighted by Crippen LogP contribution is 2.18. The zero-order chi connectivity index (χ0) is 21.5. The van der Waals surface area contributed by atoms with Crippen LogP contribution in [0.1, 0.15) is 36.6 Å². The summed E-state index contributed by atoms with van der Waals surface area (Å²) in [5.74, 6) is 4.83. The number of carbonyl (C=O) groups excluding carboxylic acids is 3. The van der Waals surface area contributed by atoms with Crippen LogP contribution in [0.5, 0.6) is 11.5 Å². The molecule has 0 atom stereocenters. The first-order valence-corrected chi connectivity index (χ1v) is 8.89. The highest BCUT2D eigenvalue weighted by molar-refractivity contribution is 6.09. The number of ketones is 1. The van der Waals surface area contributed by atoms with Crippen LogP contribution in [0.4, 0.5) is 0 Å². The van der Waals surface area contributed by atoms with Crippen molar-refractivity contribution < 1.29 is 23.9 Å². The number of methoxy groups -OCH3 is 1. The van der Waals surface area contributed by atoms with E-state index >= 15 is 0 Å². The predicted octanol–water partition coefficient (Wildman–Crippen LogP) is 3.25. The van der Waals surface area contributed by atoms with Crippen molar-refractivity contribution in [1.29, 1.82) is 0 Å². The summed E-state index contributed by atoms with van der Waals surface area (Å²) in [5.41, 5.74) is 6.77. The lowest BCUT2D eigenvalue weighted by molar-refractivity contribution is 0.0734. The molecule has 0 aromatic heterocycles. The van der Waals surface area contributed by atoms with Gasteiger partial charge in [-0.1, -0.05) is 5.92 Å². The SMILES string of the molecule is COc1ccc(OC(=O)c2ccc(C(=O)C#Cc3ccc(C(N)=O)cc3)cc2)cc1. The number of carbonyl (C=O) groups is 3. The molecule has 148 valence electrons. The molecule has 6 nitrogen and oxygen atoms in total. The number of hydrogen-bond donors (Lipinski definition) is 1. The molecule has 30 heavy (non-hydrogen) atoms. The van der Waals surface area contributed by atoms with Crippen LogP contribution >= 0.6 is 0 Å². The van der Waals surface area contributed by atoms with Gasteiger partial charge >= 0.3 is 5.97 Å². The van der Waals surface area contributed by atoms with E-state index in [1.165, 1.54) is 24.3 Å². The van der Waals surface area contributed by atoms with Crippen molar-refractivity contribution >= 4 is 17.7 Å². The van der Waals surface area contributed by atoms with Crippen LogP contribution in [-0.2, 0) is 0 Å². The molecule has 0 unspecified atom stereocenters. The third kappa shape index (κ3) is 5.12. The summed E-state index contributed by atoms with van der Waals surface area (Å²) < 4.78 is 10.3. The first kappa shape index (κ1) is 20.4. The zero-order valence-electron chi connectivity index (χ0n) is 16.0. The fraction of sp³-hybridized carbons (Fsp3) is 0.0417. The van der Waals surface area contributed by atoms with Crippen LogP contribution in [0.15, 0.2) is 72.8 Å². The van der Waals surface area contributed by atoms with E-state index in [0.717, 1.165) is 0 Å². The van der Waals surface area contributed by atoms with Crippen LogP contribution in [0.2, 0.25) is 0 Å². The normalized spacial score (nSPS) is 9.77. The number of nitrogens with two attached hydrogens (primary N) is 1. The monoisotopic (exact) mass is 399 g/mol. The molecule has 0 spiro atoms. The topological polar surface area (TPSA) is 95.7 Å². The molecule has 0 heterocycles. The van der Waals surface area contributed by atoms with Gasteiger partial charge in [0.2, 0.25) is 11.7 Å². The lowest BCUT2D eigenvalue weighted by Gasteiger charge is -2.05. The average molecular weight is 399 g/mol. The maximum Gasteiger partial charge on any atom is 0.343 e. The van der Waals surface area contributed by atoms with E-state index in [4.69, 9.17) is 15.2 Å². The molecule has 0 saturated heterocycles. The Morgan fingerprint density at radius 2 is 1.27 bits per heavy atom. The Hall–Kier alpha value is -4.37. The molecule has 1 amide bonds. The smallest absolute Gasteiger partial charge is 0.343 e. The van der Waals surface area contributed by atoms with Crippen molar-refractivity contribution in [3.8, 4) is 23.3 Å². The molecule has 0 radical (unpaired) electrons. The van der Waals surface area contributed by atoms with E-state index in [0.29, 0.717) is 33.8 Å². The summed E-state index contributed by atoms with van der Waals surface area (Å²) in [6.07, 6.45) is 0. The summed E-state index contributed by atoms with van der Waals surface area (Å²) in [5, 5.41) is 0. The van der Waals surface area contributed by atoms with Crippen molar-refractivity contribution in [3.05, 3.63) is 95.1 Å². The maximum absolute atomic E-state index is 12.2. The third-order valence-electron chi connectivity index (χ3n) is 4.14. The molecule has 0 aliphatic heterocycles. The Balaban J connectivity index is 1.65. The number of Topliss-reactive ketones (excluding diaryl/α,β-unsaturated/α-hetero) is 1. The third-order valence-corrected chi connectivity index (χ3v) is 4.14. The molecule has 0 saturated carbocycles. The molecular weight excluding hydrogens is 382 g/mol. The Bertz CT molecular complexity index is 1140. The number of esters is 1. The van der Waals surface area contributed by atoms with Gasteiger partial charge in [0.1, 0.15) is 11.5 Å². The highest BCUT2D eigenvalue weighted by Gasteiger charge is 2.10. The molecule has 0 aliphatic rings. The number of rotatable bonds is 5. The molecule has 2 N–H and O–H groups in total. The van der Waals surface area contributed by atoms with Gasteiger partial charge in [0.05, 0.1) is 12.7 Å². The van der Waals surface area contributed by atoms with Crippen molar-refractivity contribution in [2.45, 2.75) is 0 Å². The van der Waals surface area contributed by atoms with E-state index in [-0.39, 0.29) is 0 Å². The number of hydrogen-bond acceptors (Lipinski definition) is 5. The number of benzene rings is 3. The van der Waals surface area contributed by atoms with Gasteiger partial charge in [-0.05, 0) is 78.7 Å². The second-order valence-electron chi connectivity index (χ2n) is 6.16. The summed E-state index contributed by atoms with van der Waals surface area (Å²) in [6, 6.07) is 19.0. The predicted molar refractivity (Wildman–Crippen MR) is 111 cm³/mol. The lowest BCUT2D eigenvalue weighted by atomic mass is 10.1. The standard InChI is InChI=1S/C24H17NO5/c1-29-20-11-13-21(14-12-20)30-24(28)19-9-7-17(8-10-19)22(26)15-4-16-2-5-18(6-3-16)23(25)27/h2-3,5-14H,1H3,(H2,25,27). The Kier molecular flexibility index (Phi) is 6.26. The molecule has 3 aromatic carbocycles. The van der Waals surface area contributed by atoms with Gasteiger partial charge in [0.25, 0.3) is 0 Å². The summed E-state index contributed by atoms with van der Waals surface area (Å²) in [6.45, 7) is 0. The molecule has 3 aromatic rings. The fourth-order valence-corrected chi connectivity index (χ4v) is 2.49. The van der Waals surface area contributed by atoms with E-state index < -0.39 is 17.7 Å². The molecule has 0 fully saturated rings. The quantitative estimate of drug-likeness (QED) is 0.308. The summed E-state index contributed by atoms with van der Waals surface area (Å²) in [7, 11) is 1.55. The van der Waals surface area contributed by atoms with Crippen molar-refractivity contribution in [2.24, 2.45) is 5.73 Å². The maximum atomic E-state index is 12.2. The second kappa shape index (κ2) is 9.22. The number of primary amides is 1. The van der Waals surface area contributed by atoms with Gasteiger partial charge in [-0.3, -0.25) is 9.59 Å². The van der Waals surface area contributed by atoms with Crippen LogP contribution in [0.3, 0.4) is 0 Å². The van der Waals surface area contributed by atoms with Crippen LogP contribution in [-0.4, -0.2) is 24.8 Å². The van der Waals surface area contributed by atoms with Gasteiger partial charge in [-0.25, -0.2) is 4.79 Å². The van der Waals surface area contributed by atoms with E-state index in [9.17, 15) is 14.4 Å². The van der Waals surface area contributed by atoms with Gasteiger partial charge in [-0.15, -0.1) is 0 Å². The van der Waals surface area contributed by atoms with Gasteiger partial charge < -0.3 is 15.2 Å². The summed E-state index contributed by atoms with van der Waals surface area (Å²) >= 11 is 0. The molecule has 6 heteroatoms. The Morgan fingerprint density at radius 1 is 0.733 bits per heavy atom. The van der Waals surface area contributed by atoms with Gasteiger partial charge in [-0.2, -0.15) is 0 Å². The van der Waals surface area contributed by atoms with Crippen molar-refractivity contribution in [1.82, 2.24) is 0 Å². The lowest BCUT2D eigenvalue weighted by Crippen LogP contribution is -2.10. The first-order valence-electron chi connectivity index (χ1n) is 8.89. The second-order valence-corrected chi connectivity index (χ2v) is 6.16. The zero-order valence-corrected chi connectivity index (χ0v) is 16.0. The van der Waals surface area contributed by atoms with Crippen LogP contribution < -0.4 is 15.2 Å². The minimum atomic E-state index is -0.542. The number of ether oxygens (including phenoxy) is 2. The van der Waals surface area contributed by atoms with E-state index in [1.807, 2.05) is 0 Å². The van der Waals surface area contributed by atoms with Crippen molar-refractivity contribution in [2.75, 3.05) is 7.11 Å². The van der Waals surface area contributed by atoms with Gasteiger partial charge in [0.15, 0.2) is 0 Å². The Morgan fingerprint density at radius 3 is 1.83 bits per heavy atom. The molecular formula is C24H17NO5. The highest BCUT2D eigenvalue weighted by atomic mass is 16.5. The minimum absolute atomic E-state index is 0.303. The molecule has 0 aliphatic carbocycles.